The molecule has 0 atom stereocenters. The van der Waals surface area contributed by atoms with E-state index < -0.39 is 0 Å². The monoisotopic (exact) mass is 256 g/mol. The van der Waals surface area contributed by atoms with Crippen molar-refractivity contribution in [1.82, 2.24) is 19.9 Å². The smallest absolute Gasteiger partial charge is 0.230 e. The van der Waals surface area contributed by atoms with E-state index in [2.05, 4.69) is 24.8 Å². The summed E-state index contributed by atoms with van der Waals surface area (Å²) in [6.07, 6.45) is 5.33. The Bertz CT molecular complexity index is 550. The highest BCUT2D eigenvalue weighted by atomic mass is 15.3. The van der Waals surface area contributed by atoms with Gasteiger partial charge in [-0.05, 0) is 31.4 Å². The molecule has 3 heterocycles. The lowest BCUT2D eigenvalue weighted by atomic mass is 10.1. The van der Waals surface area contributed by atoms with Crippen LogP contribution in [0.5, 0.6) is 0 Å². The average Bonchev–Trinajstić information content (AvgIpc) is 2.48. The highest BCUT2D eigenvalue weighted by Crippen LogP contribution is 2.19. The van der Waals surface area contributed by atoms with Crippen molar-refractivity contribution in [2.45, 2.75) is 19.3 Å². The fraction of sp³-hybridized carbons (Fsp3) is 0.385. The zero-order valence-corrected chi connectivity index (χ0v) is 10.7. The molecule has 6 heteroatoms. The molecule has 6 nitrogen and oxygen atoms in total. The number of pyridine rings is 1. The minimum absolute atomic E-state index is 0.247. The Morgan fingerprint density at radius 3 is 2.58 bits per heavy atom. The first-order chi connectivity index (χ1) is 9.33. The second-order valence-corrected chi connectivity index (χ2v) is 4.58. The van der Waals surface area contributed by atoms with Crippen LogP contribution in [0.2, 0.25) is 0 Å². The summed E-state index contributed by atoms with van der Waals surface area (Å²) in [6, 6.07) is 5.64. The molecule has 0 spiro atoms. The van der Waals surface area contributed by atoms with Crippen LogP contribution in [0.25, 0.3) is 11.5 Å². The lowest BCUT2D eigenvalue weighted by Crippen LogP contribution is -2.31. The van der Waals surface area contributed by atoms with Crippen LogP contribution in [0.15, 0.2) is 24.4 Å². The first-order valence-electron chi connectivity index (χ1n) is 6.51. The molecule has 0 aliphatic carbocycles. The molecule has 1 saturated heterocycles. The summed E-state index contributed by atoms with van der Waals surface area (Å²) in [4.78, 5) is 19.3. The molecular formula is C13H16N6. The zero-order chi connectivity index (χ0) is 13.1. The highest BCUT2D eigenvalue weighted by molar-refractivity contribution is 5.53. The predicted molar refractivity (Wildman–Crippen MR) is 73.5 cm³/mol. The van der Waals surface area contributed by atoms with Gasteiger partial charge in [0.25, 0.3) is 0 Å². The van der Waals surface area contributed by atoms with Gasteiger partial charge in [0.2, 0.25) is 11.9 Å². The van der Waals surface area contributed by atoms with Gasteiger partial charge in [-0.3, -0.25) is 4.98 Å². The maximum atomic E-state index is 5.79. The normalized spacial score (nSPS) is 15.5. The van der Waals surface area contributed by atoms with Gasteiger partial charge in [-0.25, -0.2) is 0 Å². The van der Waals surface area contributed by atoms with Crippen molar-refractivity contribution in [3.63, 3.8) is 0 Å². The van der Waals surface area contributed by atoms with Gasteiger partial charge in [0.05, 0.1) is 0 Å². The summed E-state index contributed by atoms with van der Waals surface area (Å²) in [5.74, 6) is 1.44. The number of nitrogens with zero attached hydrogens (tertiary/aromatic N) is 5. The van der Waals surface area contributed by atoms with Gasteiger partial charge in [-0.1, -0.05) is 6.07 Å². The van der Waals surface area contributed by atoms with Crippen molar-refractivity contribution in [3.8, 4) is 11.5 Å². The lowest BCUT2D eigenvalue weighted by Gasteiger charge is -2.26. The van der Waals surface area contributed by atoms with Crippen LogP contribution in [0.1, 0.15) is 19.3 Å². The number of anilines is 2. The van der Waals surface area contributed by atoms with Crippen molar-refractivity contribution in [3.05, 3.63) is 24.4 Å². The molecule has 3 rings (SSSR count). The van der Waals surface area contributed by atoms with Crippen LogP contribution in [-0.2, 0) is 0 Å². The Morgan fingerprint density at radius 2 is 1.84 bits per heavy atom. The fourth-order valence-electron chi connectivity index (χ4n) is 2.23. The number of hydrogen-bond donors (Lipinski definition) is 1. The summed E-state index contributed by atoms with van der Waals surface area (Å²) < 4.78 is 0. The quantitative estimate of drug-likeness (QED) is 0.877. The Balaban J connectivity index is 1.96. The highest BCUT2D eigenvalue weighted by Gasteiger charge is 2.16. The van der Waals surface area contributed by atoms with Gasteiger partial charge < -0.3 is 10.6 Å². The van der Waals surface area contributed by atoms with Gasteiger partial charge in [-0.2, -0.15) is 15.0 Å². The molecule has 2 aromatic rings. The van der Waals surface area contributed by atoms with Gasteiger partial charge >= 0.3 is 0 Å². The molecule has 1 aliphatic heterocycles. The zero-order valence-electron chi connectivity index (χ0n) is 10.7. The summed E-state index contributed by atoms with van der Waals surface area (Å²) >= 11 is 0. The van der Waals surface area contributed by atoms with E-state index in [0.29, 0.717) is 11.8 Å². The molecule has 19 heavy (non-hydrogen) atoms. The van der Waals surface area contributed by atoms with E-state index in [-0.39, 0.29) is 5.95 Å². The van der Waals surface area contributed by atoms with Crippen LogP contribution in [0.4, 0.5) is 11.9 Å². The third kappa shape index (κ3) is 2.62. The third-order valence-corrected chi connectivity index (χ3v) is 3.17. The van der Waals surface area contributed by atoms with Crippen molar-refractivity contribution in [1.29, 1.82) is 0 Å². The Labute approximate surface area is 111 Å². The van der Waals surface area contributed by atoms with E-state index >= 15 is 0 Å². The molecule has 0 radical (unpaired) electrons. The van der Waals surface area contributed by atoms with Gasteiger partial charge in [-0.15, -0.1) is 0 Å². The minimum Gasteiger partial charge on any atom is -0.368 e. The fourth-order valence-corrected chi connectivity index (χ4v) is 2.23. The molecule has 2 N–H and O–H groups in total. The molecular weight excluding hydrogens is 240 g/mol. The molecule has 98 valence electrons. The topological polar surface area (TPSA) is 80.8 Å². The maximum absolute atomic E-state index is 5.79. The first kappa shape index (κ1) is 11.8. The van der Waals surface area contributed by atoms with E-state index in [9.17, 15) is 0 Å². The Hall–Kier alpha value is -2.24. The minimum atomic E-state index is 0.247. The molecule has 0 saturated carbocycles. The number of rotatable bonds is 2. The molecule has 0 aromatic carbocycles. The molecule has 1 aliphatic rings. The SMILES string of the molecule is Nc1nc(-c2ccccn2)nc(N2CCCCC2)n1. The number of nitrogen functional groups attached to an aromatic ring is 1. The lowest BCUT2D eigenvalue weighted by molar-refractivity contribution is 0.568. The molecule has 2 aromatic heterocycles. The third-order valence-electron chi connectivity index (χ3n) is 3.17. The van der Waals surface area contributed by atoms with E-state index in [4.69, 9.17) is 5.73 Å². The summed E-state index contributed by atoms with van der Waals surface area (Å²) in [6.45, 7) is 1.95. The van der Waals surface area contributed by atoms with Gasteiger partial charge in [0, 0.05) is 19.3 Å². The number of aromatic nitrogens is 4. The molecule has 0 unspecified atom stereocenters. The van der Waals surface area contributed by atoms with Crippen LogP contribution < -0.4 is 10.6 Å². The average molecular weight is 256 g/mol. The van der Waals surface area contributed by atoms with Crippen molar-refractivity contribution < 1.29 is 0 Å². The van der Waals surface area contributed by atoms with Crippen molar-refractivity contribution in [2.75, 3.05) is 23.7 Å². The van der Waals surface area contributed by atoms with Crippen molar-refractivity contribution in [2.24, 2.45) is 0 Å². The van der Waals surface area contributed by atoms with Gasteiger partial charge in [0.15, 0.2) is 5.82 Å². The number of piperidine rings is 1. The Kier molecular flexibility index (Phi) is 3.22. The van der Waals surface area contributed by atoms with E-state index in [1.165, 1.54) is 19.3 Å². The Morgan fingerprint density at radius 1 is 1.00 bits per heavy atom. The van der Waals surface area contributed by atoms with Crippen LogP contribution >= 0.6 is 0 Å². The molecule has 0 bridgehead atoms. The summed E-state index contributed by atoms with van der Waals surface area (Å²) in [5.41, 5.74) is 6.50. The van der Waals surface area contributed by atoms with Crippen LogP contribution in [-0.4, -0.2) is 33.0 Å². The summed E-state index contributed by atoms with van der Waals surface area (Å²) in [7, 11) is 0. The molecule has 1 fully saturated rings. The van der Waals surface area contributed by atoms with Gasteiger partial charge in [0.1, 0.15) is 5.69 Å². The first-order valence-corrected chi connectivity index (χ1v) is 6.51. The second-order valence-electron chi connectivity index (χ2n) is 4.58. The second kappa shape index (κ2) is 5.17. The summed E-state index contributed by atoms with van der Waals surface area (Å²) in [5, 5.41) is 0. The van der Waals surface area contributed by atoms with Crippen LogP contribution in [0, 0.1) is 0 Å². The number of hydrogen-bond acceptors (Lipinski definition) is 6. The number of nitrogens with two attached hydrogens (primary N) is 1. The largest absolute Gasteiger partial charge is 0.368 e. The van der Waals surface area contributed by atoms with E-state index in [1.54, 1.807) is 6.20 Å². The van der Waals surface area contributed by atoms with Crippen LogP contribution in [0.3, 0.4) is 0 Å². The van der Waals surface area contributed by atoms with E-state index in [1.807, 2.05) is 18.2 Å². The maximum Gasteiger partial charge on any atom is 0.230 e. The van der Waals surface area contributed by atoms with E-state index in [0.717, 1.165) is 18.8 Å². The predicted octanol–water partition coefficient (Wildman–Crippen LogP) is 1.51. The molecule has 0 amide bonds. The standard InChI is InChI=1S/C13H16N6/c14-12-16-11(10-6-2-3-7-15-10)17-13(18-12)19-8-4-1-5-9-19/h2-3,6-7H,1,4-5,8-9H2,(H2,14,16,17,18). The van der Waals surface area contributed by atoms with Crippen molar-refractivity contribution >= 4 is 11.9 Å².